The van der Waals surface area contributed by atoms with Gasteiger partial charge in [-0.25, -0.2) is 0 Å². The van der Waals surface area contributed by atoms with Crippen LogP contribution in [0.4, 0.5) is 5.69 Å². The van der Waals surface area contributed by atoms with Crippen LogP contribution in [0.1, 0.15) is 20.3 Å². The summed E-state index contributed by atoms with van der Waals surface area (Å²) in [6, 6.07) is 3.27. The van der Waals surface area contributed by atoms with Crippen molar-refractivity contribution in [2.45, 2.75) is 20.3 Å². The number of carbonyl (C=O) groups is 1. The van der Waals surface area contributed by atoms with Crippen molar-refractivity contribution in [1.82, 2.24) is 0 Å². The number of nitrogens with zero attached hydrogens (tertiary/aromatic N) is 1. The van der Waals surface area contributed by atoms with Crippen LogP contribution in [0, 0.1) is 5.41 Å². The summed E-state index contributed by atoms with van der Waals surface area (Å²) in [6.45, 7) is 3.33. The number of amides is 1. The second kappa shape index (κ2) is 6.65. The summed E-state index contributed by atoms with van der Waals surface area (Å²) < 4.78 is 0.622. The summed E-state index contributed by atoms with van der Waals surface area (Å²) >= 11 is 15.3. The number of carbonyl (C=O) groups excluding carboxylic acids is 1. The first-order valence-corrected chi connectivity index (χ1v) is 7.25. The second-order valence-electron chi connectivity index (χ2n) is 4.35. The van der Waals surface area contributed by atoms with Crippen molar-refractivity contribution in [1.29, 1.82) is 0 Å². The van der Waals surface area contributed by atoms with Crippen molar-refractivity contribution in [3.8, 4) is 0 Å². The zero-order valence-electron chi connectivity index (χ0n) is 10.9. The van der Waals surface area contributed by atoms with Crippen molar-refractivity contribution >= 4 is 56.6 Å². The van der Waals surface area contributed by atoms with Crippen molar-refractivity contribution in [3.63, 3.8) is 0 Å². The SMILES string of the molecule is CCC(C)(C(=O)Nc1ccc(Br)c(Cl)c1Cl)/C(N)=N/O. The maximum atomic E-state index is 12.3. The number of amidine groups is 1. The summed E-state index contributed by atoms with van der Waals surface area (Å²) in [7, 11) is 0. The van der Waals surface area contributed by atoms with E-state index in [0.717, 1.165) is 0 Å². The molecule has 1 unspecified atom stereocenters. The van der Waals surface area contributed by atoms with Crippen molar-refractivity contribution in [3.05, 3.63) is 26.7 Å². The molecule has 0 radical (unpaired) electrons. The van der Waals surface area contributed by atoms with Crippen molar-refractivity contribution < 1.29 is 10.0 Å². The molecule has 0 saturated heterocycles. The Morgan fingerprint density at radius 1 is 1.50 bits per heavy atom. The molecule has 0 fully saturated rings. The third kappa shape index (κ3) is 3.19. The highest BCUT2D eigenvalue weighted by molar-refractivity contribution is 9.10. The van der Waals surface area contributed by atoms with Gasteiger partial charge < -0.3 is 16.3 Å². The fraction of sp³-hybridized carbons (Fsp3) is 0.333. The smallest absolute Gasteiger partial charge is 0.238 e. The van der Waals surface area contributed by atoms with Crippen LogP contribution in [0.3, 0.4) is 0 Å². The molecular formula is C12H14BrCl2N3O2. The Bertz CT molecular complexity index is 566. The maximum Gasteiger partial charge on any atom is 0.238 e. The van der Waals surface area contributed by atoms with Crippen LogP contribution >= 0.6 is 39.1 Å². The Hall–Kier alpha value is -0.980. The zero-order valence-corrected chi connectivity index (χ0v) is 14.0. The predicted molar refractivity (Wildman–Crippen MR) is 84.6 cm³/mol. The molecule has 5 nitrogen and oxygen atoms in total. The Morgan fingerprint density at radius 3 is 2.60 bits per heavy atom. The summed E-state index contributed by atoms with van der Waals surface area (Å²) in [5.41, 5.74) is 4.80. The lowest BCUT2D eigenvalue weighted by molar-refractivity contribution is -0.121. The van der Waals surface area contributed by atoms with E-state index in [1.807, 2.05) is 0 Å². The maximum absolute atomic E-state index is 12.3. The molecular weight excluding hydrogens is 369 g/mol. The number of nitrogens with one attached hydrogen (secondary N) is 1. The molecule has 0 aliphatic heterocycles. The Balaban J connectivity index is 3.10. The summed E-state index contributed by atoms with van der Waals surface area (Å²) in [5.74, 6) is -0.604. The van der Waals surface area contributed by atoms with Crippen LogP contribution in [0.25, 0.3) is 0 Å². The molecule has 0 aliphatic rings. The monoisotopic (exact) mass is 381 g/mol. The van der Waals surface area contributed by atoms with Crippen LogP contribution < -0.4 is 11.1 Å². The number of benzene rings is 1. The van der Waals surface area contributed by atoms with E-state index in [1.165, 1.54) is 0 Å². The van der Waals surface area contributed by atoms with Gasteiger partial charge in [0, 0.05) is 4.47 Å². The lowest BCUT2D eigenvalue weighted by Gasteiger charge is -2.25. The van der Waals surface area contributed by atoms with Crippen molar-refractivity contribution in [2.24, 2.45) is 16.3 Å². The van der Waals surface area contributed by atoms with Gasteiger partial charge in [0.15, 0.2) is 5.84 Å². The molecule has 1 atom stereocenters. The van der Waals surface area contributed by atoms with Gasteiger partial charge in [-0.1, -0.05) is 35.3 Å². The number of anilines is 1. The van der Waals surface area contributed by atoms with Crippen LogP contribution in [-0.2, 0) is 4.79 Å². The van der Waals surface area contributed by atoms with E-state index in [2.05, 4.69) is 26.4 Å². The Labute approximate surface area is 135 Å². The summed E-state index contributed by atoms with van der Waals surface area (Å²) in [6.07, 6.45) is 0.358. The Kier molecular flexibility index (Phi) is 5.68. The minimum absolute atomic E-state index is 0.170. The topological polar surface area (TPSA) is 87.7 Å². The van der Waals surface area contributed by atoms with Gasteiger partial charge in [0.2, 0.25) is 5.91 Å². The average Bonchev–Trinajstić information content (AvgIpc) is 2.45. The molecule has 0 heterocycles. The van der Waals surface area contributed by atoms with E-state index in [4.69, 9.17) is 34.1 Å². The molecule has 4 N–H and O–H groups in total. The quantitative estimate of drug-likeness (QED) is 0.243. The van der Waals surface area contributed by atoms with E-state index >= 15 is 0 Å². The van der Waals surface area contributed by atoms with Gasteiger partial charge in [-0.05, 0) is 41.4 Å². The van der Waals surface area contributed by atoms with Gasteiger partial charge >= 0.3 is 0 Å². The summed E-state index contributed by atoms with van der Waals surface area (Å²) in [4.78, 5) is 12.3. The minimum atomic E-state index is -1.14. The molecule has 8 heteroatoms. The van der Waals surface area contributed by atoms with Gasteiger partial charge in [0.25, 0.3) is 0 Å². The van der Waals surface area contributed by atoms with E-state index in [1.54, 1.807) is 26.0 Å². The highest BCUT2D eigenvalue weighted by atomic mass is 79.9. The van der Waals surface area contributed by atoms with E-state index < -0.39 is 11.3 Å². The molecule has 1 aromatic carbocycles. The third-order valence-electron chi connectivity index (χ3n) is 3.16. The van der Waals surface area contributed by atoms with E-state index in [0.29, 0.717) is 21.6 Å². The van der Waals surface area contributed by atoms with Gasteiger partial charge in [0.05, 0.1) is 15.7 Å². The van der Waals surface area contributed by atoms with Crippen LogP contribution in [0.2, 0.25) is 10.0 Å². The normalized spacial score (nSPS) is 14.8. The molecule has 20 heavy (non-hydrogen) atoms. The first kappa shape index (κ1) is 17.1. The largest absolute Gasteiger partial charge is 0.409 e. The number of rotatable bonds is 4. The average molecular weight is 383 g/mol. The molecule has 0 bridgehead atoms. The molecule has 0 aliphatic carbocycles. The predicted octanol–water partition coefficient (Wildman–Crippen LogP) is 3.86. The first-order chi connectivity index (χ1) is 9.27. The van der Waals surface area contributed by atoms with E-state index in [9.17, 15) is 4.79 Å². The molecule has 110 valence electrons. The fourth-order valence-electron chi connectivity index (χ4n) is 1.45. The van der Waals surface area contributed by atoms with Gasteiger partial charge in [0.1, 0.15) is 5.41 Å². The van der Waals surface area contributed by atoms with E-state index in [-0.39, 0.29) is 10.9 Å². The molecule has 1 rings (SSSR count). The second-order valence-corrected chi connectivity index (χ2v) is 5.96. The lowest BCUT2D eigenvalue weighted by atomic mass is 9.85. The lowest BCUT2D eigenvalue weighted by Crippen LogP contribution is -2.44. The zero-order chi connectivity index (χ0) is 15.5. The highest BCUT2D eigenvalue weighted by Gasteiger charge is 2.36. The van der Waals surface area contributed by atoms with Crippen LogP contribution in [-0.4, -0.2) is 17.0 Å². The van der Waals surface area contributed by atoms with Gasteiger partial charge in [-0.15, -0.1) is 0 Å². The minimum Gasteiger partial charge on any atom is -0.409 e. The number of hydrogen-bond acceptors (Lipinski definition) is 3. The molecule has 0 aromatic heterocycles. The Morgan fingerprint density at radius 2 is 2.10 bits per heavy atom. The molecule has 0 spiro atoms. The number of nitrogens with two attached hydrogens (primary N) is 1. The number of oxime groups is 1. The highest BCUT2D eigenvalue weighted by Crippen LogP contribution is 2.36. The number of halogens is 3. The van der Waals surface area contributed by atoms with Gasteiger partial charge in [-0.3, -0.25) is 4.79 Å². The van der Waals surface area contributed by atoms with Crippen molar-refractivity contribution in [2.75, 3.05) is 5.32 Å². The summed E-state index contributed by atoms with van der Waals surface area (Å²) in [5, 5.41) is 14.8. The van der Waals surface area contributed by atoms with Crippen LogP contribution in [0.15, 0.2) is 21.8 Å². The number of hydrogen-bond donors (Lipinski definition) is 3. The fourth-order valence-corrected chi connectivity index (χ4v) is 2.27. The third-order valence-corrected chi connectivity index (χ3v) is 4.94. The molecule has 0 saturated carbocycles. The molecule has 1 amide bonds. The first-order valence-electron chi connectivity index (χ1n) is 5.70. The van der Waals surface area contributed by atoms with Crippen LogP contribution in [0.5, 0.6) is 0 Å². The standard InChI is InChI=1S/C12H14BrCl2N3O2/c1-3-12(2,10(16)18-20)11(19)17-7-5-4-6(13)8(14)9(7)15/h4-5,20H,3H2,1-2H3,(H2,16,18)(H,17,19). The van der Waals surface area contributed by atoms with Gasteiger partial charge in [-0.2, -0.15) is 0 Å². The molecule has 1 aromatic rings.